The normalized spacial score (nSPS) is 21.0. The van der Waals surface area contributed by atoms with Crippen molar-refractivity contribution >= 4 is 11.5 Å². The number of aliphatic hydroxyl groups excluding tert-OH is 1. The Balaban J connectivity index is 2.12. The van der Waals surface area contributed by atoms with Gasteiger partial charge in [0.15, 0.2) is 0 Å². The minimum absolute atomic E-state index is 0.105. The number of amides is 1. The smallest absolute Gasteiger partial charge is 0.259 e. The first-order valence-corrected chi connectivity index (χ1v) is 8.31. The van der Waals surface area contributed by atoms with Crippen LogP contribution in [0.1, 0.15) is 29.5 Å². The lowest BCUT2D eigenvalue weighted by Gasteiger charge is -2.43. The molecule has 2 aliphatic rings. The Bertz CT molecular complexity index is 725. The molecule has 7 heteroatoms. The summed E-state index contributed by atoms with van der Waals surface area (Å²) in [5.74, 6) is -0.724. The zero-order valence-electron chi connectivity index (χ0n) is 14.3. The van der Waals surface area contributed by atoms with Crippen LogP contribution < -0.4 is 0 Å². The molecular formula is C18H22F2N2O3. The van der Waals surface area contributed by atoms with Gasteiger partial charge in [-0.15, -0.1) is 0 Å². The van der Waals surface area contributed by atoms with Crippen molar-refractivity contribution in [2.45, 2.75) is 38.7 Å². The van der Waals surface area contributed by atoms with Crippen molar-refractivity contribution in [3.8, 4) is 0 Å². The van der Waals surface area contributed by atoms with Gasteiger partial charge < -0.3 is 15.2 Å². The Labute approximate surface area is 145 Å². The van der Waals surface area contributed by atoms with Gasteiger partial charge in [0.25, 0.3) is 12.3 Å². The van der Waals surface area contributed by atoms with Gasteiger partial charge >= 0.3 is 0 Å². The molecule has 1 fully saturated rings. The number of halogens is 2. The summed E-state index contributed by atoms with van der Waals surface area (Å²) in [5, 5.41) is 21.6. The van der Waals surface area contributed by atoms with Gasteiger partial charge in [-0.2, -0.15) is 5.06 Å². The van der Waals surface area contributed by atoms with Crippen molar-refractivity contribution < 1.29 is 23.9 Å². The Morgan fingerprint density at radius 1 is 1.24 bits per heavy atom. The lowest BCUT2D eigenvalue weighted by Crippen LogP contribution is -2.55. The molecular weight excluding hydrogens is 330 g/mol. The maximum Gasteiger partial charge on any atom is 0.259 e. The van der Waals surface area contributed by atoms with E-state index in [0.29, 0.717) is 5.56 Å². The van der Waals surface area contributed by atoms with E-state index in [1.54, 1.807) is 6.07 Å². The maximum absolute atomic E-state index is 13.1. The van der Waals surface area contributed by atoms with Gasteiger partial charge in [-0.1, -0.05) is 23.8 Å². The van der Waals surface area contributed by atoms with E-state index in [1.165, 1.54) is 0 Å². The third kappa shape index (κ3) is 2.91. The summed E-state index contributed by atoms with van der Waals surface area (Å²) in [5.41, 5.74) is 1.23. The standard InChI is InChI=1S/C18H22F2N2O3/c1-11-3-4-12(2)13(9-11)15-16(23)18(5-7-21(25)8-6-18)22(17(15)24)10-14(19)20/h3-4,9,14,23,25H,5-8,10H2,1-2H3. The number of hydroxylamine groups is 2. The van der Waals surface area contributed by atoms with E-state index in [1.807, 2.05) is 26.0 Å². The zero-order chi connectivity index (χ0) is 18.4. The van der Waals surface area contributed by atoms with E-state index in [4.69, 9.17) is 0 Å². The van der Waals surface area contributed by atoms with Gasteiger partial charge in [0.2, 0.25) is 0 Å². The van der Waals surface area contributed by atoms with Crippen molar-refractivity contribution in [2.24, 2.45) is 0 Å². The summed E-state index contributed by atoms with van der Waals surface area (Å²) in [6.45, 7) is 3.37. The SMILES string of the molecule is Cc1ccc(C)c(C2=C(O)C3(CCN(O)CC3)N(CC(F)F)C2=O)c1. The zero-order valence-corrected chi connectivity index (χ0v) is 14.3. The van der Waals surface area contributed by atoms with Crippen LogP contribution in [0.15, 0.2) is 24.0 Å². The van der Waals surface area contributed by atoms with Gasteiger partial charge in [-0.3, -0.25) is 4.79 Å². The molecule has 1 amide bonds. The van der Waals surface area contributed by atoms with Crippen LogP contribution in [0, 0.1) is 13.8 Å². The minimum Gasteiger partial charge on any atom is -0.509 e. The number of carbonyl (C=O) groups is 1. The van der Waals surface area contributed by atoms with E-state index in [9.17, 15) is 23.9 Å². The van der Waals surface area contributed by atoms with Gasteiger partial charge in [-0.05, 0) is 37.8 Å². The highest BCUT2D eigenvalue weighted by molar-refractivity contribution is 6.23. The molecule has 0 saturated carbocycles. The fourth-order valence-corrected chi connectivity index (χ4v) is 3.81. The lowest BCUT2D eigenvalue weighted by atomic mass is 9.84. The summed E-state index contributed by atoms with van der Waals surface area (Å²) < 4.78 is 26.2. The van der Waals surface area contributed by atoms with Gasteiger partial charge in [0.05, 0.1) is 12.1 Å². The molecule has 0 radical (unpaired) electrons. The average Bonchev–Trinajstić information content (AvgIpc) is 2.74. The van der Waals surface area contributed by atoms with E-state index in [0.717, 1.165) is 21.1 Å². The molecule has 1 saturated heterocycles. The molecule has 5 nitrogen and oxygen atoms in total. The van der Waals surface area contributed by atoms with Crippen LogP contribution in [-0.2, 0) is 4.79 Å². The summed E-state index contributed by atoms with van der Waals surface area (Å²) in [4.78, 5) is 14.1. The molecule has 1 aromatic rings. The molecule has 0 aromatic heterocycles. The predicted molar refractivity (Wildman–Crippen MR) is 88.5 cm³/mol. The molecule has 0 unspecified atom stereocenters. The average molecular weight is 352 g/mol. The Hall–Kier alpha value is -1.99. The molecule has 1 spiro atoms. The van der Waals surface area contributed by atoms with Crippen LogP contribution in [0.2, 0.25) is 0 Å². The van der Waals surface area contributed by atoms with E-state index >= 15 is 0 Å². The number of nitrogens with zero attached hydrogens (tertiary/aromatic N) is 2. The van der Waals surface area contributed by atoms with E-state index in [-0.39, 0.29) is 37.3 Å². The first-order valence-electron chi connectivity index (χ1n) is 8.31. The van der Waals surface area contributed by atoms with Crippen molar-refractivity contribution in [1.82, 2.24) is 9.96 Å². The number of alkyl halides is 2. The number of carbonyl (C=O) groups excluding carboxylic acids is 1. The van der Waals surface area contributed by atoms with Crippen LogP contribution in [-0.4, -0.2) is 57.8 Å². The fraction of sp³-hybridized carbons (Fsp3) is 0.500. The monoisotopic (exact) mass is 352 g/mol. The highest BCUT2D eigenvalue weighted by Gasteiger charge is 2.54. The summed E-state index contributed by atoms with van der Waals surface area (Å²) >= 11 is 0. The largest absolute Gasteiger partial charge is 0.509 e. The number of hydrogen-bond donors (Lipinski definition) is 2. The van der Waals surface area contributed by atoms with Crippen LogP contribution in [0.25, 0.3) is 5.57 Å². The predicted octanol–water partition coefficient (Wildman–Crippen LogP) is 2.90. The topological polar surface area (TPSA) is 64.0 Å². The second kappa shape index (κ2) is 6.38. The molecule has 2 N–H and O–H groups in total. The molecule has 0 bridgehead atoms. The van der Waals surface area contributed by atoms with E-state index < -0.39 is 24.4 Å². The van der Waals surface area contributed by atoms with Crippen molar-refractivity contribution in [3.63, 3.8) is 0 Å². The van der Waals surface area contributed by atoms with Crippen LogP contribution in [0.3, 0.4) is 0 Å². The molecule has 2 aliphatic heterocycles. The molecule has 1 aromatic carbocycles. The molecule has 136 valence electrons. The Morgan fingerprint density at radius 2 is 1.88 bits per heavy atom. The number of benzene rings is 1. The summed E-state index contributed by atoms with van der Waals surface area (Å²) in [7, 11) is 0. The van der Waals surface area contributed by atoms with Crippen molar-refractivity contribution in [1.29, 1.82) is 0 Å². The lowest BCUT2D eigenvalue weighted by molar-refractivity contribution is -0.147. The van der Waals surface area contributed by atoms with Crippen LogP contribution in [0.5, 0.6) is 0 Å². The quantitative estimate of drug-likeness (QED) is 0.878. The number of rotatable bonds is 3. The first kappa shape index (κ1) is 17.8. The molecule has 0 aliphatic carbocycles. The maximum atomic E-state index is 13.1. The minimum atomic E-state index is -2.70. The Morgan fingerprint density at radius 3 is 2.48 bits per heavy atom. The van der Waals surface area contributed by atoms with Gasteiger partial charge in [-0.25, -0.2) is 8.78 Å². The summed E-state index contributed by atoms with van der Waals surface area (Å²) in [6.07, 6.45) is -2.27. The molecule has 3 rings (SSSR count). The van der Waals surface area contributed by atoms with Crippen molar-refractivity contribution in [3.05, 3.63) is 40.6 Å². The number of aryl methyl sites for hydroxylation is 2. The number of hydrogen-bond acceptors (Lipinski definition) is 4. The highest BCUT2D eigenvalue weighted by atomic mass is 19.3. The number of aliphatic hydroxyl groups is 1. The summed E-state index contributed by atoms with van der Waals surface area (Å²) in [6, 6.07) is 5.53. The fourth-order valence-electron chi connectivity index (χ4n) is 3.81. The highest BCUT2D eigenvalue weighted by Crippen LogP contribution is 2.45. The first-order chi connectivity index (χ1) is 11.8. The van der Waals surface area contributed by atoms with Crippen LogP contribution >= 0.6 is 0 Å². The third-order valence-electron chi connectivity index (χ3n) is 5.20. The van der Waals surface area contributed by atoms with Gasteiger partial charge in [0, 0.05) is 13.1 Å². The van der Waals surface area contributed by atoms with Crippen molar-refractivity contribution in [2.75, 3.05) is 19.6 Å². The third-order valence-corrected chi connectivity index (χ3v) is 5.20. The molecule has 25 heavy (non-hydrogen) atoms. The van der Waals surface area contributed by atoms with Gasteiger partial charge in [0.1, 0.15) is 11.3 Å². The Kier molecular flexibility index (Phi) is 4.55. The van der Waals surface area contributed by atoms with Crippen LogP contribution in [0.4, 0.5) is 8.78 Å². The molecule has 0 atom stereocenters. The van der Waals surface area contributed by atoms with E-state index in [2.05, 4.69) is 0 Å². The second-order valence-corrected chi connectivity index (χ2v) is 6.83. The number of piperidine rings is 1. The molecule has 2 heterocycles. The second-order valence-electron chi connectivity index (χ2n) is 6.83.